The van der Waals surface area contributed by atoms with Crippen molar-refractivity contribution in [2.75, 3.05) is 13.7 Å². The van der Waals surface area contributed by atoms with E-state index in [9.17, 15) is 8.42 Å². The number of halogens is 1. The maximum absolute atomic E-state index is 13.3. The molecule has 1 heterocycles. The summed E-state index contributed by atoms with van der Waals surface area (Å²) in [5, 5.41) is -1.14. The minimum atomic E-state index is -3.77. The third-order valence-corrected chi connectivity index (χ3v) is 6.90. The van der Waals surface area contributed by atoms with E-state index in [1.807, 2.05) is 31.2 Å². The molecular formula is C18H18BrNO4S. The lowest BCUT2D eigenvalue weighted by Gasteiger charge is -2.33. The third kappa shape index (κ3) is 3.12. The molecule has 132 valence electrons. The van der Waals surface area contributed by atoms with Gasteiger partial charge >= 0.3 is 0 Å². The van der Waals surface area contributed by atoms with Crippen LogP contribution in [-0.4, -0.2) is 33.9 Å². The number of benzene rings is 2. The lowest BCUT2D eigenvalue weighted by Crippen LogP contribution is -2.45. The van der Waals surface area contributed by atoms with E-state index in [0.29, 0.717) is 5.56 Å². The molecule has 0 aromatic heterocycles. The van der Waals surface area contributed by atoms with Gasteiger partial charge in [-0.1, -0.05) is 51.8 Å². The molecule has 7 heteroatoms. The van der Waals surface area contributed by atoms with Gasteiger partial charge in [0, 0.05) is 17.1 Å². The van der Waals surface area contributed by atoms with E-state index in [1.165, 1.54) is 13.5 Å². The fourth-order valence-corrected chi connectivity index (χ4v) is 5.30. The summed E-state index contributed by atoms with van der Waals surface area (Å²) in [7, 11) is -2.26. The summed E-state index contributed by atoms with van der Waals surface area (Å²) < 4.78 is 38.3. The van der Waals surface area contributed by atoms with Crippen molar-refractivity contribution in [2.24, 2.45) is 4.99 Å². The number of sulfone groups is 1. The first-order valence-corrected chi connectivity index (χ1v) is 10.00. The van der Waals surface area contributed by atoms with Gasteiger partial charge in [-0.25, -0.2) is 13.4 Å². The first-order chi connectivity index (χ1) is 11.9. The number of aryl methyl sites for hydroxylation is 1. The van der Waals surface area contributed by atoms with Crippen LogP contribution in [0.25, 0.3) is 0 Å². The standard InChI is InChI=1S/C18H18BrNO4S/c1-13-7-9-14(10-8-13)25(21,22)17-18(11-23-2,24-12-20-17)15-5-3-4-6-16(15)19/h3-10,12,17H,11H2,1-2H3/t17-,18+/m0/s1. The van der Waals surface area contributed by atoms with Gasteiger partial charge in [-0.15, -0.1) is 0 Å². The Labute approximate surface area is 155 Å². The van der Waals surface area contributed by atoms with Crippen molar-refractivity contribution in [1.82, 2.24) is 0 Å². The predicted molar refractivity (Wildman–Crippen MR) is 99.4 cm³/mol. The highest BCUT2D eigenvalue weighted by atomic mass is 79.9. The van der Waals surface area contributed by atoms with Gasteiger partial charge in [0.05, 0.1) is 11.5 Å². The molecule has 1 aliphatic rings. The maximum atomic E-state index is 13.3. The molecule has 3 rings (SSSR count). The quantitative estimate of drug-likeness (QED) is 0.738. The number of aliphatic imine (C=N–C) groups is 1. The van der Waals surface area contributed by atoms with Crippen LogP contribution in [0.3, 0.4) is 0 Å². The van der Waals surface area contributed by atoms with Gasteiger partial charge in [0.1, 0.15) is 0 Å². The highest BCUT2D eigenvalue weighted by molar-refractivity contribution is 9.10. The van der Waals surface area contributed by atoms with Crippen LogP contribution in [0.4, 0.5) is 0 Å². The summed E-state index contributed by atoms with van der Waals surface area (Å²) in [5.41, 5.74) is 0.410. The first-order valence-electron chi connectivity index (χ1n) is 7.66. The Morgan fingerprint density at radius 1 is 1.20 bits per heavy atom. The van der Waals surface area contributed by atoms with Crippen LogP contribution in [-0.2, 0) is 24.9 Å². The van der Waals surface area contributed by atoms with Crippen molar-refractivity contribution < 1.29 is 17.9 Å². The summed E-state index contributed by atoms with van der Waals surface area (Å²) >= 11 is 3.49. The molecule has 0 N–H and O–H groups in total. The number of nitrogens with zero attached hydrogens (tertiary/aromatic N) is 1. The molecule has 5 nitrogen and oxygen atoms in total. The van der Waals surface area contributed by atoms with Crippen molar-refractivity contribution in [3.63, 3.8) is 0 Å². The van der Waals surface area contributed by atoms with Crippen LogP contribution in [0.15, 0.2) is 62.9 Å². The third-order valence-electron chi connectivity index (χ3n) is 4.19. The van der Waals surface area contributed by atoms with Crippen molar-refractivity contribution in [1.29, 1.82) is 0 Å². The van der Waals surface area contributed by atoms with E-state index in [4.69, 9.17) is 9.47 Å². The van der Waals surface area contributed by atoms with Crippen molar-refractivity contribution in [2.45, 2.75) is 22.8 Å². The molecule has 0 bridgehead atoms. The second kappa shape index (κ2) is 6.90. The van der Waals surface area contributed by atoms with Gasteiger partial charge in [-0.2, -0.15) is 0 Å². The molecule has 25 heavy (non-hydrogen) atoms. The number of ether oxygens (including phenoxy) is 2. The number of hydrogen-bond donors (Lipinski definition) is 0. The monoisotopic (exact) mass is 423 g/mol. The number of rotatable bonds is 5. The lowest BCUT2D eigenvalue weighted by atomic mass is 9.94. The molecule has 2 aromatic rings. The minimum absolute atomic E-state index is 0.0470. The zero-order valence-electron chi connectivity index (χ0n) is 13.8. The van der Waals surface area contributed by atoms with Gasteiger partial charge in [0.2, 0.25) is 15.2 Å². The van der Waals surface area contributed by atoms with E-state index < -0.39 is 20.8 Å². The molecule has 0 spiro atoms. The highest BCUT2D eigenvalue weighted by Gasteiger charge is 2.54. The van der Waals surface area contributed by atoms with Crippen LogP contribution in [0.5, 0.6) is 0 Å². The van der Waals surface area contributed by atoms with Gasteiger partial charge in [0.15, 0.2) is 12.0 Å². The average Bonchev–Trinajstić information content (AvgIpc) is 3.01. The topological polar surface area (TPSA) is 65.0 Å². The van der Waals surface area contributed by atoms with Crippen LogP contribution in [0.1, 0.15) is 11.1 Å². The number of methoxy groups -OCH3 is 1. The molecule has 0 saturated heterocycles. The SMILES string of the molecule is COC[C@]1(c2ccccc2Br)OC=N[C@H]1S(=O)(=O)c1ccc(C)cc1. The van der Waals surface area contributed by atoms with Crippen LogP contribution in [0, 0.1) is 6.92 Å². The summed E-state index contributed by atoms with van der Waals surface area (Å²) in [5.74, 6) is 0. The van der Waals surface area contributed by atoms with Crippen LogP contribution < -0.4 is 0 Å². The van der Waals surface area contributed by atoms with E-state index in [1.54, 1.807) is 24.3 Å². The normalized spacial score (nSPS) is 22.8. The molecule has 0 unspecified atom stereocenters. The first kappa shape index (κ1) is 18.1. The molecule has 1 aliphatic heterocycles. The summed E-state index contributed by atoms with van der Waals surface area (Å²) in [6, 6.07) is 14.1. The molecule has 2 atom stereocenters. The Hall–Kier alpha value is -1.70. The molecule has 0 aliphatic carbocycles. The zero-order valence-corrected chi connectivity index (χ0v) is 16.2. The van der Waals surface area contributed by atoms with Gasteiger partial charge < -0.3 is 9.47 Å². The summed E-state index contributed by atoms with van der Waals surface area (Å²) in [4.78, 5) is 4.37. The van der Waals surface area contributed by atoms with E-state index in [2.05, 4.69) is 20.9 Å². The van der Waals surface area contributed by atoms with Gasteiger partial charge in [0.25, 0.3) is 0 Å². The molecule has 0 fully saturated rings. The largest absolute Gasteiger partial charge is 0.467 e. The Bertz CT molecular complexity index is 896. The Kier molecular flexibility index (Phi) is 4.99. The zero-order chi connectivity index (χ0) is 18.1. The summed E-state index contributed by atoms with van der Waals surface area (Å²) in [6.07, 6.45) is 1.20. The predicted octanol–water partition coefficient (Wildman–Crippen LogP) is 3.46. The van der Waals surface area contributed by atoms with E-state index in [0.717, 1.165) is 10.0 Å². The van der Waals surface area contributed by atoms with Crippen molar-refractivity contribution >= 4 is 32.2 Å². The molecule has 0 radical (unpaired) electrons. The lowest BCUT2D eigenvalue weighted by molar-refractivity contribution is -0.00635. The molecular weight excluding hydrogens is 406 g/mol. The number of hydrogen-bond acceptors (Lipinski definition) is 5. The van der Waals surface area contributed by atoms with E-state index >= 15 is 0 Å². The van der Waals surface area contributed by atoms with E-state index in [-0.39, 0.29) is 11.5 Å². The second-order valence-corrected chi connectivity index (χ2v) is 8.75. The Balaban J connectivity index is 2.14. The molecule has 2 aromatic carbocycles. The highest BCUT2D eigenvalue weighted by Crippen LogP contribution is 2.42. The Morgan fingerprint density at radius 2 is 1.88 bits per heavy atom. The average molecular weight is 424 g/mol. The Morgan fingerprint density at radius 3 is 2.52 bits per heavy atom. The van der Waals surface area contributed by atoms with Crippen molar-refractivity contribution in [3.8, 4) is 0 Å². The summed E-state index contributed by atoms with van der Waals surface area (Å²) in [6.45, 7) is 1.95. The van der Waals surface area contributed by atoms with Crippen LogP contribution in [0.2, 0.25) is 0 Å². The maximum Gasteiger partial charge on any atom is 0.205 e. The smallest absolute Gasteiger partial charge is 0.205 e. The fourth-order valence-electron chi connectivity index (χ4n) is 2.94. The van der Waals surface area contributed by atoms with Gasteiger partial charge in [-0.05, 0) is 25.1 Å². The van der Waals surface area contributed by atoms with Crippen LogP contribution >= 0.6 is 15.9 Å². The molecule has 0 saturated carbocycles. The molecule has 0 amide bonds. The van der Waals surface area contributed by atoms with Gasteiger partial charge in [-0.3, -0.25) is 0 Å². The second-order valence-electron chi connectivity index (χ2n) is 5.89. The van der Waals surface area contributed by atoms with Crippen molar-refractivity contribution in [3.05, 3.63) is 64.1 Å². The fraction of sp³-hybridized carbons (Fsp3) is 0.278. The minimum Gasteiger partial charge on any atom is -0.467 e.